The third-order valence-corrected chi connectivity index (χ3v) is 4.70. The fourth-order valence-electron chi connectivity index (χ4n) is 3.11. The van der Waals surface area contributed by atoms with Gasteiger partial charge in [-0.3, -0.25) is 0 Å². The number of nitrogens with one attached hydrogen (secondary N) is 1. The molecule has 0 bridgehead atoms. The van der Waals surface area contributed by atoms with Crippen LogP contribution in [0.25, 0.3) is 0 Å². The van der Waals surface area contributed by atoms with Gasteiger partial charge in [-0.15, -0.1) is 0 Å². The Morgan fingerprint density at radius 3 is 2.43 bits per heavy atom. The van der Waals surface area contributed by atoms with Gasteiger partial charge in [0.25, 0.3) is 0 Å². The molecule has 0 amide bonds. The van der Waals surface area contributed by atoms with E-state index in [9.17, 15) is 5.11 Å². The van der Waals surface area contributed by atoms with Crippen LogP contribution in [-0.4, -0.2) is 37.0 Å². The highest BCUT2D eigenvalue weighted by Crippen LogP contribution is 2.17. The lowest BCUT2D eigenvalue weighted by atomic mass is 10.0. The topological polar surface area (TPSA) is 41.5 Å². The molecule has 0 aromatic rings. The van der Waals surface area contributed by atoms with Gasteiger partial charge in [0.05, 0.1) is 12.7 Å². The van der Waals surface area contributed by atoms with Crippen LogP contribution in [0.15, 0.2) is 0 Å². The maximum atomic E-state index is 10.0. The van der Waals surface area contributed by atoms with Gasteiger partial charge in [-0.2, -0.15) is 0 Å². The molecule has 2 unspecified atom stereocenters. The Kier molecular flexibility index (Phi) is 11.2. The molecule has 3 nitrogen and oxygen atoms in total. The minimum absolute atomic E-state index is 0.364. The van der Waals surface area contributed by atoms with Crippen LogP contribution in [-0.2, 0) is 4.74 Å². The molecule has 2 atom stereocenters. The standard InChI is InChI=1S/C18H37NO2/c1-3-5-10-16(4-2)14-21-15-18(20)13-19-17-11-8-6-7-9-12-17/h16-20H,3-15H2,1-2H3. The molecule has 1 fully saturated rings. The highest BCUT2D eigenvalue weighted by atomic mass is 16.5. The first-order valence-electron chi connectivity index (χ1n) is 9.25. The quantitative estimate of drug-likeness (QED) is 0.569. The number of rotatable bonds is 11. The van der Waals surface area contributed by atoms with E-state index in [0.29, 0.717) is 25.1 Å². The molecule has 0 aromatic carbocycles. The van der Waals surface area contributed by atoms with E-state index in [4.69, 9.17) is 4.74 Å². The molecule has 0 radical (unpaired) electrons. The summed E-state index contributed by atoms with van der Waals surface area (Å²) < 4.78 is 5.72. The number of unbranched alkanes of at least 4 members (excludes halogenated alkanes) is 1. The van der Waals surface area contributed by atoms with E-state index in [0.717, 1.165) is 6.61 Å². The minimum Gasteiger partial charge on any atom is -0.389 e. The van der Waals surface area contributed by atoms with Crippen molar-refractivity contribution < 1.29 is 9.84 Å². The minimum atomic E-state index is -0.364. The van der Waals surface area contributed by atoms with Crippen LogP contribution in [0.2, 0.25) is 0 Å². The SMILES string of the molecule is CCCCC(CC)COCC(O)CNC1CCCCCC1. The lowest BCUT2D eigenvalue weighted by molar-refractivity contribution is 0.0181. The summed E-state index contributed by atoms with van der Waals surface area (Å²) >= 11 is 0. The molecule has 1 rings (SSSR count). The third kappa shape index (κ3) is 9.49. The number of hydrogen-bond donors (Lipinski definition) is 2. The number of aliphatic hydroxyl groups excluding tert-OH is 1. The molecule has 0 saturated heterocycles. The average molecular weight is 299 g/mol. The maximum absolute atomic E-state index is 10.0. The molecule has 0 heterocycles. The summed E-state index contributed by atoms with van der Waals surface area (Å²) in [7, 11) is 0. The summed E-state index contributed by atoms with van der Waals surface area (Å²) in [5.41, 5.74) is 0. The lowest BCUT2D eigenvalue weighted by Crippen LogP contribution is -2.37. The monoisotopic (exact) mass is 299 g/mol. The summed E-state index contributed by atoms with van der Waals surface area (Å²) in [4.78, 5) is 0. The number of ether oxygens (including phenoxy) is 1. The van der Waals surface area contributed by atoms with Crippen LogP contribution in [0, 0.1) is 5.92 Å². The molecular weight excluding hydrogens is 262 g/mol. The van der Waals surface area contributed by atoms with Gasteiger partial charge in [-0.05, 0) is 25.2 Å². The van der Waals surface area contributed by atoms with Gasteiger partial charge in [0.2, 0.25) is 0 Å². The Morgan fingerprint density at radius 1 is 1.10 bits per heavy atom. The van der Waals surface area contributed by atoms with Crippen molar-refractivity contribution in [2.24, 2.45) is 5.92 Å². The molecule has 0 aliphatic heterocycles. The van der Waals surface area contributed by atoms with E-state index >= 15 is 0 Å². The smallest absolute Gasteiger partial charge is 0.0897 e. The van der Waals surface area contributed by atoms with E-state index in [1.165, 1.54) is 64.2 Å². The van der Waals surface area contributed by atoms with E-state index in [1.807, 2.05) is 0 Å². The first-order valence-corrected chi connectivity index (χ1v) is 9.25. The zero-order valence-corrected chi connectivity index (χ0v) is 14.3. The zero-order valence-electron chi connectivity index (χ0n) is 14.3. The maximum Gasteiger partial charge on any atom is 0.0897 e. The first-order chi connectivity index (χ1) is 10.3. The van der Waals surface area contributed by atoms with Gasteiger partial charge >= 0.3 is 0 Å². The Labute approximate surface area is 131 Å². The summed E-state index contributed by atoms with van der Waals surface area (Å²) in [6, 6.07) is 0.607. The van der Waals surface area contributed by atoms with Crippen molar-refractivity contribution in [3.63, 3.8) is 0 Å². The summed E-state index contributed by atoms with van der Waals surface area (Å²) in [5.74, 6) is 0.659. The third-order valence-electron chi connectivity index (χ3n) is 4.70. The number of hydrogen-bond acceptors (Lipinski definition) is 3. The second kappa shape index (κ2) is 12.4. The van der Waals surface area contributed by atoms with Gasteiger partial charge < -0.3 is 15.2 Å². The molecule has 0 spiro atoms. The van der Waals surface area contributed by atoms with E-state index in [1.54, 1.807) is 0 Å². The Morgan fingerprint density at radius 2 is 1.81 bits per heavy atom. The molecule has 3 heteroatoms. The largest absolute Gasteiger partial charge is 0.389 e. The normalized spacial score (nSPS) is 20.1. The van der Waals surface area contributed by atoms with Crippen LogP contribution in [0.3, 0.4) is 0 Å². The van der Waals surface area contributed by atoms with Crippen molar-refractivity contribution in [1.29, 1.82) is 0 Å². The summed E-state index contributed by atoms with van der Waals surface area (Å²) in [5, 5.41) is 13.5. The number of aliphatic hydroxyl groups is 1. The van der Waals surface area contributed by atoms with Gasteiger partial charge in [0.1, 0.15) is 0 Å². The van der Waals surface area contributed by atoms with Gasteiger partial charge in [0, 0.05) is 19.2 Å². The van der Waals surface area contributed by atoms with Crippen molar-refractivity contribution in [2.75, 3.05) is 19.8 Å². The predicted octanol–water partition coefficient (Wildman–Crippen LogP) is 3.89. The Balaban J connectivity index is 2.05. The fourth-order valence-corrected chi connectivity index (χ4v) is 3.11. The highest BCUT2D eigenvalue weighted by Gasteiger charge is 2.14. The van der Waals surface area contributed by atoms with E-state index in [-0.39, 0.29) is 6.10 Å². The molecule has 2 N–H and O–H groups in total. The summed E-state index contributed by atoms with van der Waals surface area (Å²) in [6.07, 6.45) is 12.6. The highest BCUT2D eigenvalue weighted by molar-refractivity contribution is 4.72. The van der Waals surface area contributed by atoms with Crippen molar-refractivity contribution >= 4 is 0 Å². The first kappa shape index (κ1) is 18.9. The van der Waals surface area contributed by atoms with Crippen LogP contribution in [0.5, 0.6) is 0 Å². The van der Waals surface area contributed by atoms with Crippen LogP contribution < -0.4 is 5.32 Å². The van der Waals surface area contributed by atoms with E-state index < -0.39 is 0 Å². The summed E-state index contributed by atoms with van der Waals surface area (Å²) in [6.45, 7) is 6.42. The van der Waals surface area contributed by atoms with E-state index in [2.05, 4.69) is 19.2 Å². The Hall–Kier alpha value is -0.120. The predicted molar refractivity (Wildman–Crippen MR) is 89.6 cm³/mol. The molecule has 1 aliphatic carbocycles. The Bertz CT molecular complexity index is 227. The van der Waals surface area contributed by atoms with Crippen molar-refractivity contribution in [3.05, 3.63) is 0 Å². The van der Waals surface area contributed by atoms with Gasteiger partial charge in [-0.1, -0.05) is 58.8 Å². The average Bonchev–Trinajstić information content (AvgIpc) is 2.77. The van der Waals surface area contributed by atoms with Crippen molar-refractivity contribution in [1.82, 2.24) is 5.32 Å². The molecule has 1 saturated carbocycles. The van der Waals surface area contributed by atoms with Crippen molar-refractivity contribution in [3.8, 4) is 0 Å². The van der Waals surface area contributed by atoms with Crippen LogP contribution in [0.1, 0.15) is 78.1 Å². The molecule has 1 aliphatic rings. The van der Waals surface area contributed by atoms with Crippen LogP contribution in [0.4, 0.5) is 0 Å². The zero-order chi connectivity index (χ0) is 15.3. The fraction of sp³-hybridized carbons (Fsp3) is 1.00. The van der Waals surface area contributed by atoms with Crippen LogP contribution >= 0.6 is 0 Å². The second-order valence-electron chi connectivity index (χ2n) is 6.70. The second-order valence-corrected chi connectivity index (χ2v) is 6.70. The van der Waals surface area contributed by atoms with Gasteiger partial charge in [-0.25, -0.2) is 0 Å². The molecule has 126 valence electrons. The molecule has 0 aromatic heterocycles. The molecule has 21 heavy (non-hydrogen) atoms. The van der Waals surface area contributed by atoms with Gasteiger partial charge in [0.15, 0.2) is 0 Å². The lowest BCUT2D eigenvalue weighted by Gasteiger charge is -2.20. The molecular formula is C18H37NO2. The van der Waals surface area contributed by atoms with Crippen molar-refractivity contribution in [2.45, 2.75) is 90.2 Å².